The van der Waals surface area contributed by atoms with Gasteiger partial charge in [0.15, 0.2) is 12.2 Å². The molecule has 0 aliphatic carbocycles. The first kappa shape index (κ1) is 88.1. The molecule has 0 spiro atoms. The van der Waals surface area contributed by atoms with Crippen LogP contribution in [0.5, 0.6) is 0 Å². The molecular weight excluding hydrogens is 1190 g/mol. The quantitative estimate of drug-likeness (QED) is 0.0222. The molecule has 0 fully saturated rings. The maximum atomic E-state index is 13.0. The molecule has 0 aromatic carbocycles. The van der Waals surface area contributed by atoms with E-state index in [4.69, 9.17) is 37.0 Å². The number of hydrogen-bond acceptors (Lipinski definition) is 15. The highest BCUT2D eigenvalue weighted by molar-refractivity contribution is 7.47. The Morgan fingerprint density at radius 1 is 0.311 bits per heavy atom. The standard InChI is InChI=1S/C71H138O17P2/c1-8-12-13-14-15-31-38-45-52-68(73)81-58-66(87-70(75)54-47-40-33-26-20-17-23-29-36-43-50-63(6)10-3)60-85-89(77,78)83-56-65(72)57-84-90(79,80)86-61-67(88-71(76)55-48-41-34-27-21-18-24-30-37-44-51-64(7)11-4)59-82-69(74)53-46-39-32-25-19-16-22-28-35-42-49-62(5)9-2/h62-67,72H,8-61H2,1-7H3,(H,77,78)(H,79,80)/t62?,63?,64?,65-,66+,67+/m0/s1. The maximum absolute atomic E-state index is 13.0. The van der Waals surface area contributed by atoms with Crippen molar-refractivity contribution in [1.82, 2.24) is 0 Å². The Hall–Kier alpha value is -1.94. The fourth-order valence-electron chi connectivity index (χ4n) is 10.6. The smallest absolute Gasteiger partial charge is 0.462 e. The van der Waals surface area contributed by atoms with Crippen LogP contribution in [0.1, 0.15) is 357 Å². The molecule has 0 heterocycles. The average Bonchev–Trinajstić information content (AvgIpc) is 2.98. The van der Waals surface area contributed by atoms with Gasteiger partial charge in [-0.15, -0.1) is 0 Å². The SMILES string of the molecule is CCCCCCCCCCC(=O)OC[C@H](COP(=O)(O)OC[C@H](O)COP(=O)(O)OC[C@@H](COC(=O)CCCCCCCCCCCCC(C)CC)OC(=O)CCCCCCCCCCCCC(C)CC)OC(=O)CCCCCCCCCCCCC(C)CC. The van der Waals surface area contributed by atoms with E-state index >= 15 is 0 Å². The van der Waals surface area contributed by atoms with Crippen LogP contribution in [0.3, 0.4) is 0 Å². The van der Waals surface area contributed by atoms with E-state index in [9.17, 15) is 43.2 Å². The van der Waals surface area contributed by atoms with E-state index < -0.39 is 97.5 Å². The number of carbonyl (C=O) groups excluding carboxylic acids is 4. The molecule has 0 aromatic heterocycles. The number of phosphoric ester groups is 2. The summed E-state index contributed by atoms with van der Waals surface area (Å²) >= 11 is 0. The molecule has 17 nitrogen and oxygen atoms in total. The fourth-order valence-corrected chi connectivity index (χ4v) is 12.2. The van der Waals surface area contributed by atoms with Gasteiger partial charge in [0.25, 0.3) is 0 Å². The first-order chi connectivity index (χ1) is 43.3. The van der Waals surface area contributed by atoms with Crippen molar-refractivity contribution in [1.29, 1.82) is 0 Å². The minimum absolute atomic E-state index is 0.106. The van der Waals surface area contributed by atoms with Gasteiger partial charge in [0.05, 0.1) is 26.4 Å². The van der Waals surface area contributed by atoms with Crippen LogP contribution in [-0.4, -0.2) is 96.7 Å². The summed E-state index contributed by atoms with van der Waals surface area (Å²) in [5.41, 5.74) is 0. The molecule has 5 unspecified atom stereocenters. The molecule has 0 aromatic rings. The zero-order valence-corrected chi connectivity index (χ0v) is 60.4. The van der Waals surface area contributed by atoms with Crippen molar-refractivity contribution in [3.8, 4) is 0 Å². The van der Waals surface area contributed by atoms with E-state index in [1.165, 1.54) is 161 Å². The van der Waals surface area contributed by atoms with E-state index in [1.807, 2.05) is 0 Å². The van der Waals surface area contributed by atoms with Gasteiger partial charge in [0.2, 0.25) is 0 Å². The fraction of sp³-hybridized carbons (Fsp3) is 0.944. The highest BCUT2D eigenvalue weighted by Crippen LogP contribution is 2.45. The summed E-state index contributed by atoms with van der Waals surface area (Å²) in [7, 11) is -9.90. The summed E-state index contributed by atoms with van der Waals surface area (Å²) in [6.45, 7) is 11.9. The van der Waals surface area contributed by atoms with Gasteiger partial charge in [-0.3, -0.25) is 37.3 Å². The first-order valence-electron chi connectivity index (χ1n) is 37.0. The molecule has 0 radical (unpaired) electrons. The molecule has 8 atom stereocenters. The second-order valence-electron chi connectivity index (χ2n) is 26.4. The van der Waals surface area contributed by atoms with E-state index in [0.29, 0.717) is 25.7 Å². The van der Waals surface area contributed by atoms with Crippen molar-refractivity contribution >= 4 is 39.5 Å². The van der Waals surface area contributed by atoms with Crippen LogP contribution in [0.25, 0.3) is 0 Å². The highest BCUT2D eigenvalue weighted by Gasteiger charge is 2.30. The Kier molecular flexibility index (Phi) is 60.6. The highest BCUT2D eigenvalue weighted by atomic mass is 31.2. The second-order valence-corrected chi connectivity index (χ2v) is 29.3. The van der Waals surface area contributed by atoms with Gasteiger partial charge in [-0.1, -0.05) is 305 Å². The van der Waals surface area contributed by atoms with Gasteiger partial charge in [-0.05, 0) is 43.4 Å². The number of ether oxygens (including phenoxy) is 4. The van der Waals surface area contributed by atoms with Crippen LogP contribution < -0.4 is 0 Å². The molecule has 0 aliphatic heterocycles. The Balaban J connectivity index is 5.25. The van der Waals surface area contributed by atoms with Crippen molar-refractivity contribution in [3.63, 3.8) is 0 Å². The number of esters is 4. The van der Waals surface area contributed by atoms with Crippen LogP contribution in [0.4, 0.5) is 0 Å². The lowest BCUT2D eigenvalue weighted by atomic mass is 9.99. The molecule has 534 valence electrons. The maximum Gasteiger partial charge on any atom is 0.472 e. The van der Waals surface area contributed by atoms with Gasteiger partial charge >= 0.3 is 39.5 Å². The van der Waals surface area contributed by atoms with E-state index in [2.05, 4.69) is 48.5 Å². The van der Waals surface area contributed by atoms with Crippen molar-refractivity contribution in [2.24, 2.45) is 17.8 Å². The normalized spacial score (nSPS) is 15.1. The Morgan fingerprint density at radius 2 is 0.533 bits per heavy atom. The Bertz CT molecular complexity index is 1770. The summed E-state index contributed by atoms with van der Waals surface area (Å²) in [4.78, 5) is 72.5. The van der Waals surface area contributed by atoms with Crippen LogP contribution in [-0.2, 0) is 65.4 Å². The van der Waals surface area contributed by atoms with Crippen molar-refractivity contribution in [2.45, 2.75) is 375 Å². The third-order valence-electron chi connectivity index (χ3n) is 17.5. The monoisotopic (exact) mass is 1320 g/mol. The molecule has 90 heavy (non-hydrogen) atoms. The minimum Gasteiger partial charge on any atom is -0.462 e. The zero-order chi connectivity index (χ0) is 66.6. The molecule has 0 bridgehead atoms. The van der Waals surface area contributed by atoms with Crippen molar-refractivity contribution in [3.05, 3.63) is 0 Å². The third-order valence-corrected chi connectivity index (χ3v) is 19.4. The number of rotatable bonds is 69. The van der Waals surface area contributed by atoms with Gasteiger partial charge in [-0.2, -0.15) is 0 Å². The Morgan fingerprint density at radius 3 is 0.789 bits per heavy atom. The van der Waals surface area contributed by atoms with Gasteiger partial charge < -0.3 is 33.8 Å². The topological polar surface area (TPSA) is 237 Å². The predicted octanol–water partition coefficient (Wildman–Crippen LogP) is 20.2. The number of carbonyl (C=O) groups is 4. The molecule has 19 heteroatoms. The van der Waals surface area contributed by atoms with Crippen LogP contribution in [0, 0.1) is 17.8 Å². The lowest BCUT2D eigenvalue weighted by Gasteiger charge is -2.21. The molecule has 0 rings (SSSR count). The van der Waals surface area contributed by atoms with Gasteiger partial charge in [0.1, 0.15) is 19.3 Å². The predicted molar refractivity (Wildman–Crippen MR) is 363 cm³/mol. The number of unbranched alkanes of at least 4 members (excludes halogenated alkanes) is 34. The van der Waals surface area contributed by atoms with Crippen molar-refractivity contribution < 1.29 is 80.2 Å². The Labute approximate surface area is 549 Å². The van der Waals surface area contributed by atoms with E-state index in [1.54, 1.807) is 0 Å². The first-order valence-corrected chi connectivity index (χ1v) is 40.0. The number of aliphatic hydroxyl groups excluding tert-OH is 1. The summed E-state index contributed by atoms with van der Waals surface area (Å²) in [5.74, 6) is 0.289. The van der Waals surface area contributed by atoms with Gasteiger partial charge in [-0.25, -0.2) is 9.13 Å². The zero-order valence-electron chi connectivity index (χ0n) is 58.6. The third kappa shape index (κ3) is 61.0. The summed E-state index contributed by atoms with van der Waals surface area (Å²) in [6.07, 6.45) is 45.6. The van der Waals surface area contributed by atoms with Crippen molar-refractivity contribution in [2.75, 3.05) is 39.6 Å². The van der Waals surface area contributed by atoms with Crippen LogP contribution in [0.2, 0.25) is 0 Å². The van der Waals surface area contributed by atoms with E-state index in [-0.39, 0.29) is 25.7 Å². The summed E-state index contributed by atoms with van der Waals surface area (Å²) < 4.78 is 68.3. The lowest BCUT2D eigenvalue weighted by molar-refractivity contribution is -0.161. The van der Waals surface area contributed by atoms with Gasteiger partial charge in [0, 0.05) is 25.7 Å². The summed E-state index contributed by atoms with van der Waals surface area (Å²) in [5, 5.41) is 10.6. The minimum atomic E-state index is -4.95. The molecule has 0 aliphatic rings. The second kappa shape index (κ2) is 61.9. The van der Waals surface area contributed by atoms with Crippen LogP contribution in [0.15, 0.2) is 0 Å². The molecular formula is C71H138O17P2. The molecule has 0 saturated heterocycles. The van der Waals surface area contributed by atoms with Crippen LogP contribution >= 0.6 is 15.6 Å². The average molecular weight is 1330 g/mol. The number of hydrogen-bond donors (Lipinski definition) is 3. The largest absolute Gasteiger partial charge is 0.472 e. The number of phosphoric acid groups is 2. The lowest BCUT2D eigenvalue weighted by Crippen LogP contribution is -2.30. The molecule has 0 amide bonds. The number of aliphatic hydroxyl groups is 1. The molecule has 3 N–H and O–H groups in total. The molecule has 0 saturated carbocycles. The van der Waals surface area contributed by atoms with E-state index in [0.717, 1.165) is 114 Å². The summed E-state index contributed by atoms with van der Waals surface area (Å²) in [6, 6.07) is 0.